The molecule has 0 aromatic heterocycles. The first-order valence-corrected chi connectivity index (χ1v) is 8.62. The molecule has 1 amide bonds. The van der Waals surface area contributed by atoms with Crippen molar-refractivity contribution in [3.8, 4) is 11.5 Å². The van der Waals surface area contributed by atoms with E-state index in [4.69, 9.17) is 9.47 Å². The lowest BCUT2D eigenvalue weighted by molar-refractivity contribution is -0.129. The minimum Gasteiger partial charge on any atom is -0.454 e. The Balaban J connectivity index is 1.49. The summed E-state index contributed by atoms with van der Waals surface area (Å²) >= 11 is 1.36. The smallest absolute Gasteiger partial charge is 0.231 e. The van der Waals surface area contributed by atoms with Gasteiger partial charge in [0.2, 0.25) is 12.7 Å². The van der Waals surface area contributed by atoms with Gasteiger partial charge in [-0.3, -0.25) is 4.79 Å². The van der Waals surface area contributed by atoms with Crippen LogP contribution in [0.2, 0.25) is 0 Å². The molecule has 0 spiro atoms. The zero-order valence-electron chi connectivity index (χ0n) is 13.3. The topological polar surface area (TPSA) is 38.8 Å². The van der Waals surface area contributed by atoms with Gasteiger partial charge in [-0.15, -0.1) is 11.8 Å². The number of carbonyl (C=O) groups is 1. The third-order valence-electron chi connectivity index (χ3n) is 3.69. The van der Waals surface area contributed by atoms with Crippen LogP contribution in [-0.4, -0.2) is 30.4 Å². The second-order valence-electron chi connectivity index (χ2n) is 5.47. The van der Waals surface area contributed by atoms with Crippen molar-refractivity contribution in [3.05, 3.63) is 53.8 Å². The Hall–Kier alpha value is -2.21. The Morgan fingerprint density at radius 1 is 1.21 bits per heavy atom. The van der Waals surface area contributed by atoms with E-state index in [2.05, 4.69) is 0 Å². The summed E-state index contributed by atoms with van der Waals surface area (Å²) in [6, 6.07) is 12.3. The summed E-state index contributed by atoms with van der Waals surface area (Å²) in [4.78, 5) is 14.5. The van der Waals surface area contributed by atoms with E-state index in [9.17, 15) is 9.18 Å². The summed E-state index contributed by atoms with van der Waals surface area (Å²) in [5, 5.41) is 0. The summed E-state index contributed by atoms with van der Waals surface area (Å²) in [5.41, 5.74) is 0.983. The highest BCUT2D eigenvalue weighted by atomic mass is 32.2. The highest BCUT2D eigenvalue weighted by Crippen LogP contribution is 2.32. The lowest BCUT2D eigenvalue weighted by Crippen LogP contribution is -2.26. The standard InChI is InChI=1S/C18H18FNO3S/c1-20(11-13-6-7-15-16(10-13)23-12-22-15)18(21)8-9-24-17-5-3-2-4-14(17)19/h2-7,10H,8-9,11-12H2,1H3. The fourth-order valence-corrected chi connectivity index (χ4v) is 3.28. The molecule has 1 aliphatic heterocycles. The van der Waals surface area contributed by atoms with Crippen LogP contribution in [0.15, 0.2) is 47.4 Å². The van der Waals surface area contributed by atoms with Crippen LogP contribution in [0.3, 0.4) is 0 Å². The highest BCUT2D eigenvalue weighted by Gasteiger charge is 2.15. The van der Waals surface area contributed by atoms with Crippen LogP contribution in [0.5, 0.6) is 11.5 Å². The monoisotopic (exact) mass is 347 g/mol. The molecule has 0 fully saturated rings. The summed E-state index contributed by atoms with van der Waals surface area (Å²) in [6.45, 7) is 0.737. The first-order chi connectivity index (χ1) is 11.6. The molecular weight excluding hydrogens is 329 g/mol. The highest BCUT2D eigenvalue weighted by molar-refractivity contribution is 7.99. The van der Waals surface area contributed by atoms with Gasteiger partial charge in [0.1, 0.15) is 5.82 Å². The SMILES string of the molecule is CN(Cc1ccc2c(c1)OCO2)C(=O)CCSc1ccccc1F. The van der Waals surface area contributed by atoms with Crippen molar-refractivity contribution in [1.82, 2.24) is 4.90 Å². The molecule has 2 aromatic carbocycles. The second kappa shape index (κ2) is 7.57. The van der Waals surface area contributed by atoms with E-state index in [1.165, 1.54) is 17.8 Å². The molecule has 3 rings (SSSR count). The maximum absolute atomic E-state index is 13.5. The maximum Gasteiger partial charge on any atom is 0.231 e. The molecular formula is C18H18FNO3S. The van der Waals surface area contributed by atoms with Crippen molar-refractivity contribution in [2.75, 3.05) is 19.6 Å². The average Bonchev–Trinajstić information content (AvgIpc) is 3.04. The van der Waals surface area contributed by atoms with E-state index in [0.717, 1.165) is 11.3 Å². The number of nitrogens with zero attached hydrogens (tertiary/aromatic N) is 1. The van der Waals surface area contributed by atoms with Crippen molar-refractivity contribution < 1.29 is 18.7 Å². The van der Waals surface area contributed by atoms with Crippen molar-refractivity contribution >= 4 is 17.7 Å². The number of rotatable bonds is 6. The zero-order chi connectivity index (χ0) is 16.9. The van der Waals surface area contributed by atoms with Crippen LogP contribution < -0.4 is 9.47 Å². The first kappa shape index (κ1) is 16.6. The van der Waals surface area contributed by atoms with E-state index in [1.807, 2.05) is 18.2 Å². The Bertz CT molecular complexity index is 738. The summed E-state index contributed by atoms with van der Waals surface area (Å²) in [5.74, 6) is 1.77. The molecule has 0 bridgehead atoms. The van der Waals surface area contributed by atoms with E-state index in [-0.39, 0.29) is 18.5 Å². The molecule has 4 nitrogen and oxygen atoms in total. The van der Waals surface area contributed by atoms with E-state index >= 15 is 0 Å². The molecule has 0 unspecified atom stereocenters. The van der Waals surface area contributed by atoms with Crippen LogP contribution in [0.1, 0.15) is 12.0 Å². The van der Waals surface area contributed by atoms with Gasteiger partial charge in [-0.05, 0) is 29.8 Å². The minimum absolute atomic E-state index is 0.0245. The van der Waals surface area contributed by atoms with Gasteiger partial charge in [0.25, 0.3) is 0 Å². The fraction of sp³-hybridized carbons (Fsp3) is 0.278. The number of hydrogen-bond donors (Lipinski definition) is 0. The number of amides is 1. The van der Waals surface area contributed by atoms with E-state index in [1.54, 1.807) is 30.1 Å². The molecule has 24 heavy (non-hydrogen) atoms. The number of thioether (sulfide) groups is 1. The zero-order valence-corrected chi connectivity index (χ0v) is 14.1. The Morgan fingerprint density at radius 3 is 2.83 bits per heavy atom. The number of benzene rings is 2. The molecule has 0 N–H and O–H groups in total. The Morgan fingerprint density at radius 2 is 2.00 bits per heavy atom. The van der Waals surface area contributed by atoms with Gasteiger partial charge in [-0.25, -0.2) is 4.39 Å². The molecule has 0 radical (unpaired) electrons. The summed E-state index contributed by atoms with van der Waals surface area (Å²) < 4.78 is 24.1. The molecule has 6 heteroatoms. The van der Waals surface area contributed by atoms with Crippen LogP contribution in [-0.2, 0) is 11.3 Å². The van der Waals surface area contributed by atoms with Gasteiger partial charge in [-0.1, -0.05) is 18.2 Å². The molecule has 0 aliphatic carbocycles. The van der Waals surface area contributed by atoms with Gasteiger partial charge in [-0.2, -0.15) is 0 Å². The van der Waals surface area contributed by atoms with Crippen LogP contribution in [0, 0.1) is 5.82 Å². The van der Waals surface area contributed by atoms with Crippen LogP contribution in [0.25, 0.3) is 0 Å². The minimum atomic E-state index is -0.247. The van der Waals surface area contributed by atoms with Crippen molar-refractivity contribution in [3.63, 3.8) is 0 Å². The quantitative estimate of drug-likeness (QED) is 0.747. The normalized spacial score (nSPS) is 12.2. The maximum atomic E-state index is 13.5. The second-order valence-corrected chi connectivity index (χ2v) is 6.60. The number of ether oxygens (including phenoxy) is 2. The van der Waals surface area contributed by atoms with Gasteiger partial charge in [0.05, 0.1) is 0 Å². The summed E-state index contributed by atoms with van der Waals surface area (Å²) in [7, 11) is 1.76. The van der Waals surface area contributed by atoms with Gasteiger partial charge in [0, 0.05) is 30.7 Å². The molecule has 2 aromatic rings. The molecule has 126 valence electrons. The third kappa shape index (κ3) is 4.00. The third-order valence-corrected chi connectivity index (χ3v) is 4.74. The van der Waals surface area contributed by atoms with Gasteiger partial charge in [0.15, 0.2) is 11.5 Å². The van der Waals surface area contributed by atoms with Crippen LogP contribution >= 0.6 is 11.8 Å². The van der Waals surface area contributed by atoms with Gasteiger partial charge >= 0.3 is 0 Å². The van der Waals surface area contributed by atoms with Crippen LogP contribution in [0.4, 0.5) is 4.39 Å². The number of halogens is 1. The Labute approximate surface area is 144 Å². The predicted octanol–water partition coefficient (Wildman–Crippen LogP) is 3.70. The van der Waals surface area contributed by atoms with E-state index in [0.29, 0.717) is 29.4 Å². The van der Waals surface area contributed by atoms with Gasteiger partial charge < -0.3 is 14.4 Å². The number of carbonyl (C=O) groups excluding carboxylic acids is 1. The Kier molecular flexibility index (Phi) is 5.25. The molecule has 0 saturated heterocycles. The lowest BCUT2D eigenvalue weighted by Gasteiger charge is -2.17. The average molecular weight is 347 g/mol. The summed E-state index contributed by atoms with van der Waals surface area (Å²) in [6.07, 6.45) is 0.361. The number of hydrogen-bond acceptors (Lipinski definition) is 4. The van der Waals surface area contributed by atoms with Crippen molar-refractivity contribution in [2.24, 2.45) is 0 Å². The fourth-order valence-electron chi connectivity index (χ4n) is 2.40. The molecule has 1 heterocycles. The van der Waals surface area contributed by atoms with Crippen molar-refractivity contribution in [2.45, 2.75) is 17.9 Å². The molecule has 0 atom stereocenters. The lowest BCUT2D eigenvalue weighted by atomic mass is 10.2. The number of fused-ring (bicyclic) bond motifs is 1. The largest absolute Gasteiger partial charge is 0.454 e. The molecule has 1 aliphatic rings. The van der Waals surface area contributed by atoms with Crippen molar-refractivity contribution in [1.29, 1.82) is 0 Å². The van der Waals surface area contributed by atoms with E-state index < -0.39 is 0 Å². The molecule has 0 saturated carbocycles. The predicted molar refractivity (Wildman–Crippen MR) is 90.8 cm³/mol. The first-order valence-electron chi connectivity index (χ1n) is 7.63.